The molecule has 0 aromatic rings. The summed E-state index contributed by atoms with van der Waals surface area (Å²) in [5.74, 6) is 0.852. The highest BCUT2D eigenvalue weighted by atomic mass is 16.6. The molecule has 326 valence electrons. The van der Waals surface area contributed by atoms with Crippen molar-refractivity contribution < 1.29 is 28.6 Å². The summed E-state index contributed by atoms with van der Waals surface area (Å²) in [6.07, 6.45) is 40.9. The summed E-state index contributed by atoms with van der Waals surface area (Å²) in [5, 5.41) is 0. The minimum absolute atomic E-state index is 0.0650. The van der Waals surface area contributed by atoms with Crippen LogP contribution in [-0.4, -0.2) is 37.2 Å². The lowest BCUT2D eigenvalue weighted by molar-refractivity contribution is -0.167. The lowest BCUT2D eigenvalue weighted by atomic mass is 9.99. The first kappa shape index (κ1) is 53.4. The SMILES string of the molecule is CCCCCCCCCCCC(=O)O[C@@H](COC(=O)CCCCCCCCCCCCCCCCC(C)CC)COC(=O)CCCCCCCCC(C)CC. The standard InChI is InChI=1S/C49H94O6/c1-6-9-10-11-12-19-24-31-36-41-49(52)55-46(43-54-48(51)40-35-30-26-25-28-33-38-45(5)8-3)42-53-47(50)39-34-29-23-21-18-16-14-13-15-17-20-22-27-32-37-44(4)7-2/h44-46H,6-43H2,1-5H3/t44?,45?,46-/m0/s1. The quantitative estimate of drug-likeness (QED) is 0.0348. The van der Waals surface area contributed by atoms with Gasteiger partial charge in [0.1, 0.15) is 13.2 Å². The van der Waals surface area contributed by atoms with E-state index in [0.717, 1.165) is 69.6 Å². The van der Waals surface area contributed by atoms with E-state index in [9.17, 15) is 14.4 Å². The van der Waals surface area contributed by atoms with Gasteiger partial charge in [-0.2, -0.15) is 0 Å². The maximum absolute atomic E-state index is 12.7. The Morgan fingerprint density at radius 3 is 0.945 bits per heavy atom. The minimum Gasteiger partial charge on any atom is -0.462 e. The fourth-order valence-corrected chi connectivity index (χ4v) is 7.22. The monoisotopic (exact) mass is 779 g/mol. The predicted octanol–water partition coefficient (Wildman–Crippen LogP) is 15.4. The van der Waals surface area contributed by atoms with Gasteiger partial charge in [0.05, 0.1) is 0 Å². The largest absolute Gasteiger partial charge is 0.462 e. The number of hydrogen-bond acceptors (Lipinski definition) is 6. The van der Waals surface area contributed by atoms with Crippen LogP contribution in [0.3, 0.4) is 0 Å². The average Bonchev–Trinajstić information content (AvgIpc) is 3.18. The Bertz CT molecular complexity index is 843. The molecule has 0 radical (unpaired) electrons. The topological polar surface area (TPSA) is 78.9 Å². The van der Waals surface area contributed by atoms with Gasteiger partial charge in [-0.3, -0.25) is 14.4 Å². The van der Waals surface area contributed by atoms with Gasteiger partial charge in [-0.25, -0.2) is 0 Å². The summed E-state index contributed by atoms with van der Waals surface area (Å²) in [7, 11) is 0. The molecule has 0 aromatic carbocycles. The fourth-order valence-electron chi connectivity index (χ4n) is 7.22. The Labute approximate surface area is 342 Å². The number of unbranched alkanes of at least 4 members (excludes halogenated alkanes) is 26. The Balaban J connectivity index is 4.23. The van der Waals surface area contributed by atoms with E-state index >= 15 is 0 Å². The van der Waals surface area contributed by atoms with E-state index < -0.39 is 6.10 Å². The molecule has 0 rings (SSSR count). The zero-order valence-corrected chi connectivity index (χ0v) is 37.6. The van der Waals surface area contributed by atoms with E-state index in [1.54, 1.807) is 0 Å². The van der Waals surface area contributed by atoms with Crippen LogP contribution in [0.4, 0.5) is 0 Å². The van der Waals surface area contributed by atoms with Crippen molar-refractivity contribution >= 4 is 17.9 Å². The number of rotatable bonds is 43. The second-order valence-electron chi connectivity index (χ2n) is 17.2. The van der Waals surface area contributed by atoms with E-state index in [0.29, 0.717) is 19.3 Å². The number of ether oxygens (including phenoxy) is 3. The molecule has 6 nitrogen and oxygen atoms in total. The molecule has 0 aliphatic rings. The smallest absolute Gasteiger partial charge is 0.306 e. The molecule has 55 heavy (non-hydrogen) atoms. The maximum Gasteiger partial charge on any atom is 0.306 e. The molecule has 0 aliphatic heterocycles. The fraction of sp³-hybridized carbons (Fsp3) is 0.939. The first-order chi connectivity index (χ1) is 26.8. The Morgan fingerprint density at radius 2 is 0.636 bits per heavy atom. The van der Waals surface area contributed by atoms with Crippen molar-refractivity contribution in [3.63, 3.8) is 0 Å². The summed E-state index contributed by atoms with van der Waals surface area (Å²) in [6, 6.07) is 0. The van der Waals surface area contributed by atoms with Gasteiger partial charge in [0.25, 0.3) is 0 Å². The molecule has 2 unspecified atom stereocenters. The van der Waals surface area contributed by atoms with Crippen LogP contribution in [0.25, 0.3) is 0 Å². The zero-order chi connectivity index (χ0) is 40.5. The molecule has 0 N–H and O–H groups in total. The van der Waals surface area contributed by atoms with Gasteiger partial charge < -0.3 is 14.2 Å². The highest BCUT2D eigenvalue weighted by molar-refractivity contribution is 5.71. The molecule has 0 saturated carbocycles. The summed E-state index contributed by atoms with van der Waals surface area (Å²) in [5.41, 5.74) is 0. The van der Waals surface area contributed by atoms with E-state index in [-0.39, 0.29) is 31.1 Å². The first-order valence-corrected chi connectivity index (χ1v) is 24.3. The van der Waals surface area contributed by atoms with Crippen LogP contribution in [-0.2, 0) is 28.6 Å². The lowest BCUT2D eigenvalue weighted by Gasteiger charge is -2.18. The third-order valence-corrected chi connectivity index (χ3v) is 11.7. The molecular formula is C49H94O6. The van der Waals surface area contributed by atoms with Gasteiger partial charge in [-0.15, -0.1) is 0 Å². The second-order valence-corrected chi connectivity index (χ2v) is 17.2. The number of hydrogen-bond donors (Lipinski definition) is 0. The lowest BCUT2D eigenvalue weighted by Crippen LogP contribution is -2.30. The van der Waals surface area contributed by atoms with E-state index in [1.807, 2.05) is 0 Å². The predicted molar refractivity (Wildman–Crippen MR) is 233 cm³/mol. The molecule has 0 aliphatic carbocycles. The summed E-state index contributed by atoms with van der Waals surface area (Å²) >= 11 is 0. The van der Waals surface area contributed by atoms with E-state index in [1.165, 1.54) is 154 Å². The van der Waals surface area contributed by atoms with Crippen LogP contribution in [0.5, 0.6) is 0 Å². The highest BCUT2D eigenvalue weighted by Gasteiger charge is 2.19. The molecule has 0 aromatic heterocycles. The molecule has 0 amide bonds. The number of carbonyl (C=O) groups excluding carboxylic acids is 3. The Hall–Kier alpha value is -1.59. The van der Waals surface area contributed by atoms with Crippen molar-refractivity contribution in [1.29, 1.82) is 0 Å². The molecule has 0 bridgehead atoms. The second kappa shape index (κ2) is 42.0. The van der Waals surface area contributed by atoms with E-state index in [2.05, 4.69) is 34.6 Å². The first-order valence-electron chi connectivity index (χ1n) is 24.3. The third-order valence-electron chi connectivity index (χ3n) is 11.7. The van der Waals surface area contributed by atoms with Crippen LogP contribution in [0.1, 0.15) is 266 Å². The number of esters is 3. The van der Waals surface area contributed by atoms with Crippen LogP contribution in [0.15, 0.2) is 0 Å². The zero-order valence-electron chi connectivity index (χ0n) is 37.6. The van der Waals surface area contributed by atoms with E-state index in [4.69, 9.17) is 14.2 Å². The molecular weight excluding hydrogens is 685 g/mol. The normalized spacial score (nSPS) is 13.0. The summed E-state index contributed by atoms with van der Waals surface area (Å²) < 4.78 is 16.7. The van der Waals surface area contributed by atoms with Crippen LogP contribution in [0, 0.1) is 11.8 Å². The Morgan fingerprint density at radius 1 is 0.364 bits per heavy atom. The van der Waals surface area contributed by atoms with Crippen molar-refractivity contribution in [2.75, 3.05) is 13.2 Å². The van der Waals surface area contributed by atoms with Crippen molar-refractivity contribution in [2.45, 2.75) is 272 Å². The molecule has 6 heteroatoms. The molecule has 0 heterocycles. The minimum atomic E-state index is -0.760. The van der Waals surface area contributed by atoms with Gasteiger partial charge >= 0.3 is 17.9 Å². The highest BCUT2D eigenvalue weighted by Crippen LogP contribution is 2.18. The van der Waals surface area contributed by atoms with Gasteiger partial charge in [0.15, 0.2) is 6.10 Å². The molecule has 3 atom stereocenters. The van der Waals surface area contributed by atoms with Crippen LogP contribution < -0.4 is 0 Å². The molecule has 0 saturated heterocycles. The number of carbonyl (C=O) groups is 3. The van der Waals surface area contributed by atoms with Crippen LogP contribution in [0.2, 0.25) is 0 Å². The van der Waals surface area contributed by atoms with Gasteiger partial charge in [0.2, 0.25) is 0 Å². The summed E-state index contributed by atoms with van der Waals surface area (Å²) in [6.45, 7) is 11.4. The Kier molecular flexibility index (Phi) is 40.8. The van der Waals surface area contributed by atoms with Crippen molar-refractivity contribution in [1.82, 2.24) is 0 Å². The van der Waals surface area contributed by atoms with Crippen LogP contribution >= 0.6 is 0 Å². The average molecular weight is 779 g/mol. The molecule has 0 fully saturated rings. The van der Waals surface area contributed by atoms with Gasteiger partial charge in [-0.1, -0.05) is 227 Å². The maximum atomic E-state index is 12.7. The van der Waals surface area contributed by atoms with Crippen molar-refractivity contribution in [3.05, 3.63) is 0 Å². The third kappa shape index (κ3) is 40.4. The van der Waals surface area contributed by atoms with Crippen molar-refractivity contribution in [2.24, 2.45) is 11.8 Å². The van der Waals surface area contributed by atoms with Gasteiger partial charge in [-0.05, 0) is 31.1 Å². The van der Waals surface area contributed by atoms with Crippen molar-refractivity contribution in [3.8, 4) is 0 Å². The van der Waals surface area contributed by atoms with Gasteiger partial charge in [0, 0.05) is 19.3 Å². The molecule has 0 spiro atoms. The summed E-state index contributed by atoms with van der Waals surface area (Å²) in [4.78, 5) is 37.7.